The van der Waals surface area contributed by atoms with E-state index in [1.54, 1.807) is 28.4 Å². The van der Waals surface area contributed by atoms with E-state index in [4.69, 9.17) is 29.2 Å². The van der Waals surface area contributed by atoms with E-state index in [0.717, 1.165) is 53.4 Å². The van der Waals surface area contributed by atoms with Crippen LogP contribution in [0, 0.1) is 11.8 Å². The standard InChI is InChI=1S/C24H28N2O4/c1-27-17-8-15(9-18(12-17)28-2)23-14-24(26-25-23,22-7-5-6-21(22)23)16-10-19(29-3)13-20(11-16)30-4/h8-13,21-22H,5-7,14H2,1-4H3/t21-,22+,23-,24+. The SMILES string of the molecule is COc1cc(OC)cc([C@]23C[C@](c4cc(OC)cc(OC)c4)(N=N2)[C@@H]2CCC[C@@H]23)c1. The summed E-state index contributed by atoms with van der Waals surface area (Å²) in [6.45, 7) is 0. The molecule has 2 aromatic carbocycles. The molecule has 2 aromatic rings. The Bertz CT molecular complexity index is 885. The lowest BCUT2D eigenvalue weighted by Crippen LogP contribution is -2.31. The number of benzene rings is 2. The van der Waals surface area contributed by atoms with E-state index in [0.29, 0.717) is 11.8 Å². The summed E-state index contributed by atoms with van der Waals surface area (Å²) in [4.78, 5) is 0. The molecule has 4 atom stereocenters. The van der Waals surface area contributed by atoms with Gasteiger partial charge in [-0.05, 0) is 60.1 Å². The van der Waals surface area contributed by atoms with Gasteiger partial charge in [0, 0.05) is 18.6 Å². The largest absolute Gasteiger partial charge is 0.497 e. The first-order valence-electron chi connectivity index (χ1n) is 10.5. The zero-order valence-corrected chi connectivity index (χ0v) is 18.0. The molecule has 158 valence electrons. The van der Waals surface area contributed by atoms with Crippen molar-refractivity contribution in [3.05, 3.63) is 47.5 Å². The van der Waals surface area contributed by atoms with E-state index in [1.807, 2.05) is 12.1 Å². The molecular formula is C24H28N2O4. The van der Waals surface area contributed by atoms with Gasteiger partial charge < -0.3 is 18.9 Å². The second-order valence-corrected chi connectivity index (χ2v) is 8.57. The van der Waals surface area contributed by atoms with Crippen molar-refractivity contribution in [3.63, 3.8) is 0 Å². The van der Waals surface area contributed by atoms with Crippen molar-refractivity contribution in [2.75, 3.05) is 28.4 Å². The van der Waals surface area contributed by atoms with Gasteiger partial charge in [-0.1, -0.05) is 6.42 Å². The maximum absolute atomic E-state index is 5.56. The van der Waals surface area contributed by atoms with Crippen LogP contribution >= 0.6 is 0 Å². The average Bonchev–Trinajstić information content (AvgIpc) is 3.51. The average molecular weight is 408 g/mol. The molecule has 0 amide bonds. The van der Waals surface area contributed by atoms with Gasteiger partial charge in [-0.25, -0.2) is 0 Å². The predicted molar refractivity (Wildman–Crippen MR) is 113 cm³/mol. The van der Waals surface area contributed by atoms with Crippen molar-refractivity contribution in [2.24, 2.45) is 22.1 Å². The van der Waals surface area contributed by atoms with Crippen LogP contribution < -0.4 is 18.9 Å². The van der Waals surface area contributed by atoms with Crippen LogP contribution in [0.5, 0.6) is 23.0 Å². The fourth-order valence-electron chi connectivity index (χ4n) is 6.04. The number of fused-ring (bicyclic) bond motifs is 5. The number of hydrogen-bond donors (Lipinski definition) is 0. The molecule has 0 spiro atoms. The third-order valence-electron chi connectivity index (χ3n) is 7.39. The lowest BCUT2D eigenvalue weighted by atomic mass is 9.78. The number of methoxy groups -OCH3 is 4. The molecule has 1 aliphatic heterocycles. The fourth-order valence-corrected chi connectivity index (χ4v) is 6.04. The maximum Gasteiger partial charge on any atom is 0.122 e. The Morgan fingerprint density at radius 2 is 1.00 bits per heavy atom. The number of hydrogen-bond acceptors (Lipinski definition) is 6. The molecule has 0 saturated heterocycles. The molecule has 0 aromatic heterocycles. The molecule has 1 heterocycles. The molecule has 3 aliphatic rings. The minimum atomic E-state index is -0.348. The summed E-state index contributed by atoms with van der Waals surface area (Å²) in [5, 5.41) is 9.98. The van der Waals surface area contributed by atoms with Crippen LogP contribution in [-0.4, -0.2) is 28.4 Å². The highest BCUT2D eigenvalue weighted by Crippen LogP contribution is 2.69. The topological polar surface area (TPSA) is 61.6 Å². The third kappa shape index (κ3) is 2.55. The Kier molecular flexibility index (Phi) is 4.42. The van der Waals surface area contributed by atoms with Crippen molar-refractivity contribution in [3.8, 4) is 23.0 Å². The molecule has 0 radical (unpaired) electrons. The monoisotopic (exact) mass is 408 g/mol. The Balaban J connectivity index is 1.65. The second-order valence-electron chi connectivity index (χ2n) is 8.57. The van der Waals surface area contributed by atoms with Gasteiger partial charge in [0.05, 0.1) is 28.4 Å². The summed E-state index contributed by atoms with van der Waals surface area (Å²) in [5.41, 5.74) is 1.57. The lowest BCUT2D eigenvalue weighted by molar-refractivity contribution is 0.232. The Morgan fingerprint density at radius 1 is 0.633 bits per heavy atom. The first-order chi connectivity index (χ1) is 14.6. The zero-order valence-electron chi connectivity index (χ0n) is 18.0. The molecule has 2 aliphatic carbocycles. The second kappa shape index (κ2) is 6.89. The van der Waals surface area contributed by atoms with Gasteiger partial charge in [0.2, 0.25) is 0 Å². The van der Waals surface area contributed by atoms with E-state index in [-0.39, 0.29) is 11.1 Å². The minimum absolute atomic E-state index is 0.348. The van der Waals surface area contributed by atoms with E-state index in [2.05, 4.69) is 24.3 Å². The summed E-state index contributed by atoms with van der Waals surface area (Å²) in [6.07, 6.45) is 4.37. The van der Waals surface area contributed by atoms with Crippen LogP contribution in [0.2, 0.25) is 0 Å². The molecule has 2 saturated carbocycles. The smallest absolute Gasteiger partial charge is 0.122 e. The zero-order chi connectivity index (χ0) is 20.9. The summed E-state index contributed by atoms with van der Waals surface area (Å²) in [5.74, 6) is 4.05. The Morgan fingerprint density at radius 3 is 1.33 bits per heavy atom. The van der Waals surface area contributed by atoms with Crippen LogP contribution in [0.1, 0.15) is 36.8 Å². The summed E-state index contributed by atoms with van der Waals surface area (Å²) in [7, 11) is 6.75. The van der Waals surface area contributed by atoms with Crippen LogP contribution in [-0.2, 0) is 11.1 Å². The molecule has 2 bridgehead atoms. The number of azo groups is 1. The van der Waals surface area contributed by atoms with E-state index >= 15 is 0 Å². The van der Waals surface area contributed by atoms with Crippen molar-refractivity contribution >= 4 is 0 Å². The van der Waals surface area contributed by atoms with Gasteiger partial charge in [0.25, 0.3) is 0 Å². The van der Waals surface area contributed by atoms with Crippen LogP contribution in [0.25, 0.3) is 0 Å². The molecule has 5 rings (SSSR count). The Hall–Kier alpha value is -2.76. The van der Waals surface area contributed by atoms with E-state index < -0.39 is 0 Å². The van der Waals surface area contributed by atoms with Gasteiger partial charge in [-0.15, -0.1) is 0 Å². The fraction of sp³-hybridized carbons (Fsp3) is 0.500. The van der Waals surface area contributed by atoms with E-state index in [9.17, 15) is 0 Å². The number of nitrogens with zero attached hydrogens (tertiary/aromatic N) is 2. The van der Waals surface area contributed by atoms with Crippen molar-refractivity contribution in [2.45, 2.75) is 36.8 Å². The first kappa shape index (κ1) is 19.2. The molecule has 2 fully saturated rings. The molecule has 6 heteroatoms. The van der Waals surface area contributed by atoms with Gasteiger partial charge >= 0.3 is 0 Å². The summed E-state index contributed by atoms with van der Waals surface area (Å²) in [6, 6.07) is 12.2. The molecule has 30 heavy (non-hydrogen) atoms. The number of rotatable bonds is 6. The first-order valence-corrected chi connectivity index (χ1v) is 10.5. The van der Waals surface area contributed by atoms with Crippen LogP contribution in [0.4, 0.5) is 0 Å². The minimum Gasteiger partial charge on any atom is -0.497 e. The maximum atomic E-state index is 5.56. The van der Waals surface area contributed by atoms with Gasteiger partial charge in [-0.3, -0.25) is 0 Å². The van der Waals surface area contributed by atoms with Gasteiger partial charge in [0.1, 0.15) is 34.1 Å². The lowest BCUT2D eigenvalue weighted by Gasteiger charge is -2.33. The van der Waals surface area contributed by atoms with Crippen molar-refractivity contribution in [1.29, 1.82) is 0 Å². The summed E-state index contributed by atoms with van der Waals surface area (Å²) < 4.78 is 22.2. The highest BCUT2D eigenvalue weighted by molar-refractivity contribution is 5.49. The number of ether oxygens (including phenoxy) is 4. The quantitative estimate of drug-likeness (QED) is 0.667. The van der Waals surface area contributed by atoms with Crippen LogP contribution in [0.3, 0.4) is 0 Å². The Labute approximate surface area is 177 Å². The van der Waals surface area contributed by atoms with Crippen molar-refractivity contribution in [1.82, 2.24) is 0 Å². The molecule has 6 nitrogen and oxygen atoms in total. The normalized spacial score (nSPS) is 30.9. The highest BCUT2D eigenvalue weighted by Gasteiger charge is 2.68. The van der Waals surface area contributed by atoms with Crippen LogP contribution in [0.15, 0.2) is 46.6 Å². The molecule has 0 N–H and O–H groups in total. The summed E-state index contributed by atoms with van der Waals surface area (Å²) >= 11 is 0. The highest BCUT2D eigenvalue weighted by atomic mass is 16.5. The third-order valence-corrected chi connectivity index (χ3v) is 7.39. The van der Waals surface area contributed by atoms with E-state index in [1.165, 1.54) is 6.42 Å². The van der Waals surface area contributed by atoms with Crippen molar-refractivity contribution < 1.29 is 18.9 Å². The molecular weight excluding hydrogens is 380 g/mol. The molecule has 0 unspecified atom stereocenters. The van der Waals surface area contributed by atoms with Gasteiger partial charge in [-0.2, -0.15) is 10.2 Å². The van der Waals surface area contributed by atoms with Gasteiger partial charge in [0.15, 0.2) is 0 Å². The predicted octanol–water partition coefficient (Wildman–Crippen LogP) is 5.10.